The van der Waals surface area contributed by atoms with Crippen LogP contribution in [0.5, 0.6) is 0 Å². The van der Waals surface area contributed by atoms with E-state index in [2.05, 4.69) is 0 Å². The molecule has 0 unspecified atom stereocenters. The number of Topliss-reactive ketones (excluding diaryl/α,β-unsaturated/α-hetero) is 1. The predicted octanol–water partition coefficient (Wildman–Crippen LogP) is 3.16. The third-order valence-corrected chi connectivity index (χ3v) is 5.05. The van der Waals surface area contributed by atoms with Gasteiger partial charge in [0.15, 0.2) is 11.6 Å². The SMILES string of the molecule is CC(=O)[C@@H]1CCc2cc3c(cc2C1)C(=O)c1ccccc1C3=O. The van der Waals surface area contributed by atoms with Gasteiger partial charge in [-0.2, -0.15) is 0 Å². The smallest absolute Gasteiger partial charge is 0.194 e. The van der Waals surface area contributed by atoms with Crippen LogP contribution in [0.25, 0.3) is 0 Å². The van der Waals surface area contributed by atoms with Gasteiger partial charge in [-0.15, -0.1) is 0 Å². The molecular formula is C20H16O3. The van der Waals surface area contributed by atoms with E-state index >= 15 is 0 Å². The summed E-state index contributed by atoms with van der Waals surface area (Å²) in [5, 5.41) is 0. The van der Waals surface area contributed by atoms with Crippen molar-refractivity contribution in [1.29, 1.82) is 0 Å². The number of benzene rings is 2. The van der Waals surface area contributed by atoms with Crippen LogP contribution in [0.1, 0.15) is 56.3 Å². The first-order valence-corrected chi connectivity index (χ1v) is 7.91. The van der Waals surface area contributed by atoms with Crippen LogP contribution in [-0.4, -0.2) is 17.3 Å². The summed E-state index contributed by atoms with van der Waals surface area (Å²) in [5.41, 5.74) is 4.09. The van der Waals surface area contributed by atoms with E-state index in [0.717, 1.165) is 24.0 Å². The molecule has 23 heavy (non-hydrogen) atoms. The van der Waals surface area contributed by atoms with Crippen LogP contribution in [-0.2, 0) is 17.6 Å². The van der Waals surface area contributed by atoms with Crippen LogP contribution in [0.15, 0.2) is 36.4 Å². The number of rotatable bonds is 1. The molecule has 2 aliphatic rings. The Bertz CT molecular complexity index is 876. The quantitative estimate of drug-likeness (QED) is 0.694. The Morgan fingerprint density at radius 2 is 1.48 bits per heavy atom. The molecule has 114 valence electrons. The van der Waals surface area contributed by atoms with Gasteiger partial charge in [0, 0.05) is 28.2 Å². The Balaban J connectivity index is 1.85. The van der Waals surface area contributed by atoms with E-state index in [1.807, 2.05) is 12.1 Å². The summed E-state index contributed by atoms with van der Waals surface area (Å²) in [6.45, 7) is 1.62. The molecule has 0 N–H and O–H groups in total. The lowest BCUT2D eigenvalue weighted by atomic mass is 9.76. The van der Waals surface area contributed by atoms with E-state index in [9.17, 15) is 14.4 Å². The Kier molecular flexibility index (Phi) is 3.05. The number of carbonyl (C=O) groups excluding carboxylic acids is 3. The molecule has 0 radical (unpaired) electrons. The number of fused-ring (bicyclic) bond motifs is 3. The highest BCUT2D eigenvalue weighted by Gasteiger charge is 2.32. The predicted molar refractivity (Wildman–Crippen MR) is 85.9 cm³/mol. The molecule has 0 aromatic heterocycles. The summed E-state index contributed by atoms with van der Waals surface area (Å²) in [6, 6.07) is 10.7. The second-order valence-corrected chi connectivity index (χ2v) is 6.42. The molecule has 4 rings (SSSR count). The van der Waals surface area contributed by atoms with Gasteiger partial charge in [0.1, 0.15) is 5.78 Å². The third-order valence-electron chi connectivity index (χ3n) is 5.05. The molecule has 0 bridgehead atoms. The van der Waals surface area contributed by atoms with E-state index in [4.69, 9.17) is 0 Å². The second-order valence-electron chi connectivity index (χ2n) is 6.42. The molecule has 0 saturated carbocycles. The minimum absolute atomic E-state index is 0.0298. The summed E-state index contributed by atoms with van der Waals surface area (Å²) in [4.78, 5) is 37.1. The number of carbonyl (C=O) groups is 3. The number of ketones is 3. The van der Waals surface area contributed by atoms with Gasteiger partial charge < -0.3 is 0 Å². The summed E-state index contributed by atoms with van der Waals surface area (Å²) in [7, 11) is 0. The molecule has 0 aliphatic heterocycles. The second kappa shape index (κ2) is 4.98. The van der Waals surface area contributed by atoms with Crippen molar-refractivity contribution in [1.82, 2.24) is 0 Å². The third kappa shape index (κ3) is 2.07. The summed E-state index contributed by atoms with van der Waals surface area (Å²) in [5.74, 6) is 0.0537. The van der Waals surface area contributed by atoms with Crippen LogP contribution in [0.4, 0.5) is 0 Å². The Morgan fingerprint density at radius 3 is 2.04 bits per heavy atom. The van der Waals surface area contributed by atoms with Crippen LogP contribution >= 0.6 is 0 Å². The molecule has 2 aliphatic carbocycles. The van der Waals surface area contributed by atoms with Crippen LogP contribution in [0.2, 0.25) is 0 Å². The first kappa shape index (κ1) is 14.1. The van der Waals surface area contributed by atoms with Gasteiger partial charge in [-0.25, -0.2) is 0 Å². The average molecular weight is 304 g/mol. The Labute approximate surface area is 134 Å². The topological polar surface area (TPSA) is 51.2 Å². The van der Waals surface area contributed by atoms with Crippen LogP contribution < -0.4 is 0 Å². The molecule has 2 aromatic carbocycles. The van der Waals surface area contributed by atoms with Crippen molar-refractivity contribution >= 4 is 17.3 Å². The molecule has 0 spiro atoms. The lowest BCUT2D eigenvalue weighted by molar-refractivity contribution is -0.121. The van der Waals surface area contributed by atoms with Gasteiger partial charge in [-0.1, -0.05) is 24.3 Å². The highest BCUT2D eigenvalue weighted by molar-refractivity contribution is 6.28. The average Bonchev–Trinajstić information content (AvgIpc) is 2.58. The fourth-order valence-electron chi connectivity index (χ4n) is 3.70. The van der Waals surface area contributed by atoms with Crippen molar-refractivity contribution in [3.63, 3.8) is 0 Å². The molecule has 1 atom stereocenters. The first-order chi connectivity index (χ1) is 11.1. The number of hydrogen-bond acceptors (Lipinski definition) is 3. The number of hydrogen-bond donors (Lipinski definition) is 0. The van der Waals surface area contributed by atoms with Crippen molar-refractivity contribution in [3.05, 3.63) is 69.8 Å². The van der Waals surface area contributed by atoms with E-state index in [0.29, 0.717) is 28.7 Å². The molecule has 3 heteroatoms. The standard InChI is InChI=1S/C20H16O3/c1-11(21)12-6-7-13-9-17-18(10-14(13)8-12)20(23)16-5-3-2-4-15(16)19(17)22/h2-5,9-10,12H,6-8H2,1H3/t12-/m1/s1. The normalized spacial score (nSPS) is 18.9. The van der Waals surface area contributed by atoms with Crippen molar-refractivity contribution in [2.45, 2.75) is 26.2 Å². The monoisotopic (exact) mass is 304 g/mol. The zero-order valence-corrected chi connectivity index (χ0v) is 12.9. The van der Waals surface area contributed by atoms with Gasteiger partial charge >= 0.3 is 0 Å². The van der Waals surface area contributed by atoms with Crippen LogP contribution in [0.3, 0.4) is 0 Å². The summed E-state index contributed by atoms with van der Waals surface area (Å²) in [6.07, 6.45) is 2.27. The highest BCUT2D eigenvalue weighted by atomic mass is 16.1. The van der Waals surface area contributed by atoms with E-state index in [1.165, 1.54) is 0 Å². The maximum absolute atomic E-state index is 12.7. The minimum atomic E-state index is -0.0945. The zero-order valence-electron chi connectivity index (χ0n) is 12.9. The summed E-state index contributed by atoms with van der Waals surface area (Å²) >= 11 is 0. The molecular weight excluding hydrogens is 288 g/mol. The minimum Gasteiger partial charge on any atom is -0.300 e. The van der Waals surface area contributed by atoms with E-state index < -0.39 is 0 Å². The molecule has 0 fully saturated rings. The molecule has 0 saturated heterocycles. The van der Waals surface area contributed by atoms with Crippen molar-refractivity contribution < 1.29 is 14.4 Å². The van der Waals surface area contributed by atoms with Gasteiger partial charge in [-0.05, 0) is 49.4 Å². The molecule has 3 nitrogen and oxygen atoms in total. The maximum Gasteiger partial charge on any atom is 0.194 e. The lowest BCUT2D eigenvalue weighted by Gasteiger charge is -2.26. The van der Waals surface area contributed by atoms with Gasteiger partial charge in [0.05, 0.1) is 0 Å². The van der Waals surface area contributed by atoms with Crippen molar-refractivity contribution in [3.8, 4) is 0 Å². The van der Waals surface area contributed by atoms with Gasteiger partial charge in [0.25, 0.3) is 0 Å². The van der Waals surface area contributed by atoms with Gasteiger partial charge in [-0.3, -0.25) is 14.4 Å². The zero-order chi connectivity index (χ0) is 16.1. The lowest BCUT2D eigenvalue weighted by Crippen LogP contribution is -2.25. The molecule has 2 aromatic rings. The van der Waals surface area contributed by atoms with E-state index in [-0.39, 0.29) is 23.3 Å². The fourth-order valence-corrected chi connectivity index (χ4v) is 3.70. The van der Waals surface area contributed by atoms with Crippen LogP contribution in [0, 0.1) is 5.92 Å². The van der Waals surface area contributed by atoms with E-state index in [1.54, 1.807) is 31.2 Å². The maximum atomic E-state index is 12.7. The molecule has 0 heterocycles. The summed E-state index contributed by atoms with van der Waals surface area (Å²) < 4.78 is 0. The first-order valence-electron chi connectivity index (χ1n) is 7.91. The van der Waals surface area contributed by atoms with Gasteiger partial charge in [0.2, 0.25) is 0 Å². The Hall–Kier alpha value is -2.55. The van der Waals surface area contributed by atoms with Crippen molar-refractivity contribution in [2.75, 3.05) is 0 Å². The highest BCUT2D eigenvalue weighted by Crippen LogP contribution is 2.33. The number of aryl methyl sites for hydroxylation is 1. The Morgan fingerprint density at radius 1 is 0.913 bits per heavy atom. The van der Waals surface area contributed by atoms with Crippen molar-refractivity contribution in [2.24, 2.45) is 5.92 Å². The molecule has 0 amide bonds. The fraction of sp³-hybridized carbons (Fsp3) is 0.250. The largest absolute Gasteiger partial charge is 0.300 e.